The van der Waals surface area contributed by atoms with Crippen LogP contribution in [-0.4, -0.2) is 41.3 Å². The zero-order chi connectivity index (χ0) is 17.1. The van der Waals surface area contributed by atoms with Gasteiger partial charge >= 0.3 is 0 Å². The lowest BCUT2D eigenvalue weighted by atomic mass is 10.0. The summed E-state index contributed by atoms with van der Waals surface area (Å²) in [6, 6.07) is 4.55. The highest BCUT2D eigenvalue weighted by Crippen LogP contribution is 2.22. The summed E-state index contributed by atoms with van der Waals surface area (Å²) in [5.74, 6) is 1.31. The van der Waals surface area contributed by atoms with E-state index in [0.29, 0.717) is 18.3 Å². The first-order valence-electron chi connectivity index (χ1n) is 8.41. The first-order valence-corrected chi connectivity index (χ1v) is 8.41. The van der Waals surface area contributed by atoms with E-state index in [-0.39, 0.29) is 6.04 Å². The smallest absolute Gasteiger partial charge is 0.223 e. The molecule has 1 saturated heterocycles. The minimum atomic E-state index is 0.0571. The maximum absolute atomic E-state index is 5.60. The van der Waals surface area contributed by atoms with E-state index in [2.05, 4.69) is 60.1 Å². The monoisotopic (exact) mass is 327 g/mol. The number of rotatable bonds is 4. The summed E-state index contributed by atoms with van der Waals surface area (Å²) < 4.78 is 10.7. The zero-order valence-corrected chi connectivity index (χ0v) is 14.9. The van der Waals surface area contributed by atoms with Crippen LogP contribution in [-0.2, 0) is 4.74 Å². The second kappa shape index (κ2) is 7.28. The molecular weight excluding hydrogens is 302 g/mol. The third-order valence-corrected chi connectivity index (χ3v) is 4.60. The summed E-state index contributed by atoms with van der Waals surface area (Å²) >= 11 is 0. The summed E-state index contributed by atoms with van der Waals surface area (Å²) in [7, 11) is 0. The number of aryl methyl sites for hydroxylation is 4. The fraction of sp³-hybridized carbons (Fsp3) is 0.474. The van der Waals surface area contributed by atoms with Crippen molar-refractivity contribution >= 4 is 6.08 Å². The molecule has 1 aliphatic rings. The van der Waals surface area contributed by atoms with Crippen molar-refractivity contribution < 1.29 is 9.26 Å². The van der Waals surface area contributed by atoms with E-state index in [1.165, 1.54) is 22.3 Å². The molecule has 5 nitrogen and oxygen atoms in total. The number of morpholine rings is 1. The van der Waals surface area contributed by atoms with E-state index in [0.717, 1.165) is 19.7 Å². The fourth-order valence-electron chi connectivity index (χ4n) is 3.02. The molecule has 0 aliphatic carbocycles. The minimum absolute atomic E-state index is 0.0571. The predicted octanol–water partition coefficient (Wildman–Crippen LogP) is 3.39. The van der Waals surface area contributed by atoms with Crippen LogP contribution < -0.4 is 0 Å². The lowest BCUT2D eigenvalue weighted by Crippen LogP contribution is -2.40. The van der Waals surface area contributed by atoms with Crippen LogP contribution in [0.15, 0.2) is 22.7 Å². The van der Waals surface area contributed by atoms with Crippen LogP contribution in [0.4, 0.5) is 0 Å². The van der Waals surface area contributed by atoms with Gasteiger partial charge in [-0.3, -0.25) is 4.90 Å². The topological polar surface area (TPSA) is 51.4 Å². The maximum Gasteiger partial charge on any atom is 0.223 e. The molecule has 1 aromatic carbocycles. The zero-order valence-electron chi connectivity index (χ0n) is 14.9. The normalized spacial score (nSPS) is 19.2. The molecule has 0 bridgehead atoms. The standard InChI is InChI=1S/C19H25N3O2/c1-13-10-15(3)17(11-14(13)2)6-5-7-22-8-9-23-12-18(22)19-20-16(4)24-21-19/h5-6,10-11,18H,7-9,12H2,1-4H3/b6-5+. The van der Waals surface area contributed by atoms with Crippen LogP contribution in [0, 0.1) is 27.7 Å². The molecular formula is C19H25N3O2. The quantitative estimate of drug-likeness (QED) is 0.861. The van der Waals surface area contributed by atoms with Gasteiger partial charge in [0, 0.05) is 20.0 Å². The highest BCUT2D eigenvalue weighted by Gasteiger charge is 2.27. The molecule has 0 spiro atoms. The molecule has 0 saturated carbocycles. The van der Waals surface area contributed by atoms with Gasteiger partial charge in [0.05, 0.1) is 19.3 Å². The molecule has 1 unspecified atom stereocenters. The van der Waals surface area contributed by atoms with Crippen molar-refractivity contribution in [2.45, 2.75) is 33.7 Å². The Morgan fingerprint density at radius 2 is 1.96 bits per heavy atom. The van der Waals surface area contributed by atoms with Crippen LogP contribution in [0.1, 0.15) is 40.0 Å². The van der Waals surface area contributed by atoms with E-state index in [9.17, 15) is 0 Å². The minimum Gasteiger partial charge on any atom is -0.378 e. The largest absolute Gasteiger partial charge is 0.378 e. The van der Waals surface area contributed by atoms with Crippen LogP contribution in [0.5, 0.6) is 0 Å². The third-order valence-electron chi connectivity index (χ3n) is 4.60. The van der Waals surface area contributed by atoms with Gasteiger partial charge in [-0.25, -0.2) is 0 Å². The molecule has 1 aromatic heterocycles. The molecule has 1 fully saturated rings. The van der Waals surface area contributed by atoms with E-state index >= 15 is 0 Å². The second-order valence-corrected chi connectivity index (χ2v) is 6.45. The Labute approximate surface area is 143 Å². The van der Waals surface area contributed by atoms with Crippen molar-refractivity contribution in [3.05, 3.63) is 52.2 Å². The Balaban J connectivity index is 1.71. The molecule has 0 amide bonds. The number of ether oxygens (including phenoxy) is 1. The van der Waals surface area contributed by atoms with Gasteiger partial charge in [-0.1, -0.05) is 29.4 Å². The Bertz CT molecular complexity index is 736. The first-order chi connectivity index (χ1) is 11.5. The SMILES string of the molecule is Cc1nc(C2COCCN2C/C=C/c2cc(C)c(C)cc2C)no1. The summed E-state index contributed by atoms with van der Waals surface area (Å²) in [5, 5.41) is 4.06. The van der Waals surface area contributed by atoms with Gasteiger partial charge in [0.1, 0.15) is 0 Å². The predicted molar refractivity (Wildman–Crippen MR) is 93.9 cm³/mol. The number of hydrogen-bond acceptors (Lipinski definition) is 5. The first kappa shape index (κ1) is 16.9. The Morgan fingerprint density at radius 3 is 2.71 bits per heavy atom. The van der Waals surface area contributed by atoms with E-state index < -0.39 is 0 Å². The van der Waals surface area contributed by atoms with Gasteiger partial charge in [-0.15, -0.1) is 0 Å². The van der Waals surface area contributed by atoms with E-state index in [1.54, 1.807) is 0 Å². The Hall–Kier alpha value is -1.98. The lowest BCUT2D eigenvalue weighted by Gasteiger charge is -2.32. The number of benzene rings is 1. The van der Waals surface area contributed by atoms with Crippen molar-refractivity contribution in [3.8, 4) is 0 Å². The fourth-order valence-corrected chi connectivity index (χ4v) is 3.02. The molecule has 24 heavy (non-hydrogen) atoms. The summed E-state index contributed by atoms with van der Waals surface area (Å²) in [6.45, 7) is 11.3. The van der Waals surface area contributed by atoms with Gasteiger partial charge in [0.25, 0.3) is 0 Å². The van der Waals surface area contributed by atoms with Gasteiger partial charge in [-0.2, -0.15) is 4.98 Å². The molecule has 5 heteroatoms. The molecule has 0 radical (unpaired) electrons. The Morgan fingerprint density at radius 1 is 1.17 bits per heavy atom. The van der Waals surface area contributed by atoms with Crippen LogP contribution >= 0.6 is 0 Å². The van der Waals surface area contributed by atoms with E-state index in [4.69, 9.17) is 9.26 Å². The van der Waals surface area contributed by atoms with Crippen molar-refractivity contribution in [2.75, 3.05) is 26.3 Å². The number of nitrogens with zero attached hydrogens (tertiary/aromatic N) is 3. The maximum atomic E-state index is 5.60. The van der Waals surface area contributed by atoms with Crippen LogP contribution in [0.2, 0.25) is 0 Å². The molecule has 0 N–H and O–H groups in total. The van der Waals surface area contributed by atoms with Gasteiger partial charge in [-0.05, 0) is 43.0 Å². The molecule has 128 valence electrons. The van der Waals surface area contributed by atoms with Gasteiger partial charge in [0.2, 0.25) is 5.89 Å². The lowest BCUT2D eigenvalue weighted by molar-refractivity contribution is -0.00645. The van der Waals surface area contributed by atoms with Crippen LogP contribution in [0.25, 0.3) is 6.08 Å². The highest BCUT2D eigenvalue weighted by atomic mass is 16.5. The van der Waals surface area contributed by atoms with Crippen molar-refractivity contribution in [3.63, 3.8) is 0 Å². The van der Waals surface area contributed by atoms with Crippen molar-refractivity contribution in [2.24, 2.45) is 0 Å². The average molecular weight is 327 g/mol. The van der Waals surface area contributed by atoms with Crippen LogP contribution in [0.3, 0.4) is 0 Å². The average Bonchev–Trinajstić information content (AvgIpc) is 2.99. The number of hydrogen-bond donors (Lipinski definition) is 0. The highest BCUT2D eigenvalue weighted by molar-refractivity contribution is 5.56. The molecule has 2 heterocycles. The van der Waals surface area contributed by atoms with E-state index in [1.807, 2.05) is 6.92 Å². The van der Waals surface area contributed by atoms with Gasteiger partial charge in [0.15, 0.2) is 5.82 Å². The third kappa shape index (κ3) is 3.74. The molecule has 2 aromatic rings. The molecule has 1 atom stereocenters. The number of aromatic nitrogens is 2. The van der Waals surface area contributed by atoms with Crippen molar-refractivity contribution in [1.29, 1.82) is 0 Å². The summed E-state index contributed by atoms with van der Waals surface area (Å²) in [5.41, 5.74) is 5.25. The second-order valence-electron chi connectivity index (χ2n) is 6.45. The van der Waals surface area contributed by atoms with Crippen molar-refractivity contribution in [1.82, 2.24) is 15.0 Å². The molecule has 3 rings (SSSR count). The molecule has 1 aliphatic heterocycles. The summed E-state index contributed by atoms with van der Waals surface area (Å²) in [4.78, 5) is 6.70. The summed E-state index contributed by atoms with van der Waals surface area (Å²) in [6.07, 6.45) is 4.41. The van der Waals surface area contributed by atoms with Gasteiger partial charge < -0.3 is 9.26 Å². The Kier molecular flexibility index (Phi) is 5.11.